The number of aliphatic carboxylic acids is 1. The number of imidazole rings is 2. The Bertz CT molecular complexity index is 1690. The van der Waals surface area contributed by atoms with Gasteiger partial charge in [-0.05, 0) is 36.5 Å². The van der Waals surface area contributed by atoms with E-state index in [9.17, 15) is 19.1 Å². The Balaban J connectivity index is 1.17. The standard InChI is InChI=1S/C24H20ClFN8O3/c25-17-3-4-32-12-28-18(22(32)21(17)26)7-27-24(37)19-11-34(31-30-19)10-16-9-33-8-15(13-1-2-13)5-14(6-20(35)36)23(33)29-16/h3-5,8-9,11-13H,1-2,6-7,10H2,(H,27,37)(H,35,36). The second-order valence-corrected chi connectivity index (χ2v) is 9.42. The van der Waals surface area contributed by atoms with Crippen LogP contribution in [0.4, 0.5) is 4.39 Å². The molecule has 188 valence electrons. The van der Waals surface area contributed by atoms with Crippen molar-refractivity contribution in [2.75, 3.05) is 0 Å². The molecule has 37 heavy (non-hydrogen) atoms. The van der Waals surface area contributed by atoms with E-state index in [0.29, 0.717) is 28.5 Å². The van der Waals surface area contributed by atoms with Gasteiger partial charge in [0.1, 0.15) is 11.2 Å². The van der Waals surface area contributed by atoms with Gasteiger partial charge < -0.3 is 19.2 Å². The molecule has 5 aromatic heterocycles. The number of rotatable bonds is 8. The highest BCUT2D eigenvalue weighted by Crippen LogP contribution is 2.40. The van der Waals surface area contributed by atoms with Gasteiger partial charge in [0.15, 0.2) is 11.5 Å². The monoisotopic (exact) mass is 522 g/mol. The summed E-state index contributed by atoms with van der Waals surface area (Å²) in [7, 11) is 0. The Morgan fingerprint density at radius 3 is 2.84 bits per heavy atom. The first-order valence-electron chi connectivity index (χ1n) is 11.6. The molecule has 1 fully saturated rings. The van der Waals surface area contributed by atoms with E-state index in [1.165, 1.54) is 27.7 Å². The lowest BCUT2D eigenvalue weighted by molar-refractivity contribution is -0.136. The van der Waals surface area contributed by atoms with Gasteiger partial charge in [0.2, 0.25) is 0 Å². The molecule has 5 heterocycles. The molecule has 1 aliphatic carbocycles. The molecule has 0 atom stereocenters. The van der Waals surface area contributed by atoms with Crippen LogP contribution in [-0.4, -0.2) is 50.7 Å². The van der Waals surface area contributed by atoms with Crippen molar-refractivity contribution in [3.8, 4) is 0 Å². The number of hydrogen-bond donors (Lipinski definition) is 2. The van der Waals surface area contributed by atoms with Gasteiger partial charge in [-0.3, -0.25) is 9.59 Å². The number of nitrogens with zero attached hydrogens (tertiary/aromatic N) is 7. The van der Waals surface area contributed by atoms with Gasteiger partial charge >= 0.3 is 5.97 Å². The van der Waals surface area contributed by atoms with Crippen molar-refractivity contribution in [3.05, 3.63) is 82.3 Å². The minimum atomic E-state index is -0.916. The lowest BCUT2D eigenvalue weighted by Crippen LogP contribution is -2.23. The zero-order valence-electron chi connectivity index (χ0n) is 19.3. The lowest BCUT2D eigenvalue weighted by Gasteiger charge is -2.05. The van der Waals surface area contributed by atoms with Crippen LogP contribution >= 0.6 is 11.6 Å². The molecule has 13 heteroatoms. The zero-order chi connectivity index (χ0) is 25.7. The summed E-state index contributed by atoms with van der Waals surface area (Å²) in [6.45, 7) is 0.213. The Hall–Kier alpha value is -4.32. The van der Waals surface area contributed by atoms with Gasteiger partial charge in [-0.2, -0.15) is 0 Å². The Labute approximate surface area is 213 Å². The van der Waals surface area contributed by atoms with Crippen molar-refractivity contribution in [2.24, 2.45) is 0 Å². The van der Waals surface area contributed by atoms with E-state index in [4.69, 9.17) is 11.6 Å². The quantitative estimate of drug-likeness (QED) is 0.320. The number of nitrogens with one attached hydrogen (secondary N) is 1. The fourth-order valence-corrected chi connectivity index (χ4v) is 4.51. The molecule has 6 rings (SSSR count). The summed E-state index contributed by atoms with van der Waals surface area (Å²) in [5.41, 5.74) is 3.59. The number of aromatic nitrogens is 7. The highest BCUT2D eigenvalue weighted by Gasteiger charge is 2.25. The summed E-state index contributed by atoms with van der Waals surface area (Å²) in [4.78, 5) is 32.8. The molecule has 5 aromatic rings. The summed E-state index contributed by atoms with van der Waals surface area (Å²) in [6.07, 6.45) is 10.4. The van der Waals surface area contributed by atoms with Gasteiger partial charge in [0, 0.05) is 24.2 Å². The van der Waals surface area contributed by atoms with Crippen molar-refractivity contribution in [1.82, 2.24) is 39.1 Å². The summed E-state index contributed by atoms with van der Waals surface area (Å²) in [5.74, 6) is -1.56. The second-order valence-electron chi connectivity index (χ2n) is 9.02. The average molecular weight is 523 g/mol. The Morgan fingerprint density at radius 2 is 2.05 bits per heavy atom. The van der Waals surface area contributed by atoms with E-state index in [0.717, 1.165) is 18.4 Å². The van der Waals surface area contributed by atoms with E-state index in [2.05, 4.69) is 25.6 Å². The molecule has 0 aromatic carbocycles. The Kier molecular flexibility index (Phi) is 5.60. The molecular weight excluding hydrogens is 503 g/mol. The van der Waals surface area contributed by atoms with Crippen LogP contribution in [0.2, 0.25) is 5.02 Å². The van der Waals surface area contributed by atoms with Crippen LogP contribution in [0.25, 0.3) is 11.2 Å². The van der Waals surface area contributed by atoms with Crippen LogP contribution in [-0.2, 0) is 24.3 Å². The van der Waals surface area contributed by atoms with Gasteiger partial charge in [-0.1, -0.05) is 16.8 Å². The van der Waals surface area contributed by atoms with Crippen molar-refractivity contribution in [1.29, 1.82) is 0 Å². The van der Waals surface area contributed by atoms with Crippen LogP contribution in [0.5, 0.6) is 0 Å². The van der Waals surface area contributed by atoms with Crippen LogP contribution in [0.1, 0.15) is 51.8 Å². The number of carbonyl (C=O) groups excluding carboxylic acids is 1. The first-order valence-corrected chi connectivity index (χ1v) is 11.9. The van der Waals surface area contributed by atoms with Crippen molar-refractivity contribution < 1.29 is 19.1 Å². The maximum absolute atomic E-state index is 14.4. The van der Waals surface area contributed by atoms with Gasteiger partial charge in [0.25, 0.3) is 5.91 Å². The van der Waals surface area contributed by atoms with E-state index >= 15 is 0 Å². The normalized spacial score (nSPS) is 13.5. The van der Waals surface area contributed by atoms with Crippen molar-refractivity contribution in [3.63, 3.8) is 0 Å². The largest absolute Gasteiger partial charge is 0.481 e. The first kappa shape index (κ1) is 23.1. The number of fused-ring (bicyclic) bond motifs is 2. The molecule has 1 aliphatic rings. The number of carboxylic acid groups (broad SMARTS) is 1. The second kappa shape index (κ2) is 8.96. The molecule has 0 saturated heterocycles. The predicted molar refractivity (Wildman–Crippen MR) is 129 cm³/mol. The number of carbonyl (C=O) groups is 2. The molecule has 2 N–H and O–H groups in total. The molecular formula is C24H20ClFN8O3. The predicted octanol–water partition coefficient (Wildman–Crippen LogP) is 2.85. The van der Waals surface area contributed by atoms with Crippen LogP contribution in [0, 0.1) is 5.82 Å². The molecule has 11 nitrogen and oxygen atoms in total. The summed E-state index contributed by atoms with van der Waals surface area (Å²) < 4.78 is 19.2. The highest BCUT2D eigenvalue weighted by atomic mass is 35.5. The van der Waals surface area contributed by atoms with Crippen LogP contribution in [0.15, 0.2) is 43.2 Å². The molecule has 0 spiro atoms. The number of halogens is 2. The lowest BCUT2D eigenvalue weighted by atomic mass is 10.1. The average Bonchev–Trinajstić information content (AvgIpc) is 3.27. The van der Waals surface area contributed by atoms with Crippen molar-refractivity contribution >= 4 is 34.6 Å². The molecule has 1 amide bonds. The van der Waals surface area contributed by atoms with Crippen molar-refractivity contribution in [2.45, 2.75) is 38.3 Å². The topological polar surface area (TPSA) is 132 Å². The summed E-state index contributed by atoms with van der Waals surface area (Å²) >= 11 is 5.87. The minimum Gasteiger partial charge on any atom is -0.481 e. The van der Waals surface area contributed by atoms with Crippen LogP contribution in [0.3, 0.4) is 0 Å². The number of amides is 1. The third-order valence-corrected chi connectivity index (χ3v) is 6.56. The fourth-order valence-electron chi connectivity index (χ4n) is 4.37. The zero-order valence-corrected chi connectivity index (χ0v) is 20.1. The van der Waals surface area contributed by atoms with E-state index < -0.39 is 17.7 Å². The fraction of sp³-hybridized carbons (Fsp3) is 0.250. The van der Waals surface area contributed by atoms with E-state index in [1.807, 2.05) is 22.9 Å². The Morgan fingerprint density at radius 1 is 1.22 bits per heavy atom. The first-order chi connectivity index (χ1) is 17.9. The minimum absolute atomic E-state index is 0.0262. The summed E-state index contributed by atoms with van der Waals surface area (Å²) in [5, 5.41) is 19.9. The highest BCUT2D eigenvalue weighted by molar-refractivity contribution is 6.31. The number of pyridine rings is 2. The number of hydrogen-bond acceptors (Lipinski definition) is 6. The molecule has 0 unspecified atom stereocenters. The molecule has 0 radical (unpaired) electrons. The number of carboxylic acids is 1. The molecule has 0 aliphatic heterocycles. The summed E-state index contributed by atoms with van der Waals surface area (Å²) in [6, 6.07) is 3.35. The molecule has 1 saturated carbocycles. The maximum Gasteiger partial charge on any atom is 0.307 e. The third-order valence-electron chi connectivity index (χ3n) is 6.27. The van der Waals surface area contributed by atoms with Crippen LogP contribution < -0.4 is 5.32 Å². The molecule has 0 bridgehead atoms. The van der Waals surface area contributed by atoms with E-state index in [1.54, 1.807) is 6.20 Å². The van der Waals surface area contributed by atoms with Gasteiger partial charge in [-0.25, -0.2) is 19.0 Å². The maximum atomic E-state index is 14.4. The smallest absolute Gasteiger partial charge is 0.307 e. The van der Waals surface area contributed by atoms with Gasteiger partial charge in [-0.15, -0.1) is 5.10 Å². The SMILES string of the molecule is O=C(O)Cc1cc(C2CC2)cn2cc(Cn3cc(C(=O)NCc4ncn5ccc(Cl)c(F)c45)nn3)nc12. The van der Waals surface area contributed by atoms with E-state index in [-0.39, 0.29) is 35.7 Å². The van der Waals surface area contributed by atoms with Gasteiger partial charge in [0.05, 0.1) is 48.4 Å². The third kappa shape index (κ3) is 4.51.